The van der Waals surface area contributed by atoms with E-state index in [2.05, 4.69) is 15.3 Å². The third kappa shape index (κ3) is 3.07. The van der Waals surface area contributed by atoms with Crippen molar-refractivity contribution in [3.63, 3.8) is 0 Å². The fourth-order valence-electron chi connectivity index (χ4n) is 3.03. The number of anilines is 2. The van der Waals surface area contributed by atoms with Gasteiger partial charge in [0.15, 0.2) is 0 Å². The van der Waals surface area contributed by atoms with Gasteiger partial charge in [0.25, 0.3) is 5.56 Å². The fourth-order valence-corrected chi connectivity index (χ4v) is 3.29. The van der Waals surface area contributed by atoms with Crippen molar-refractivity contribution in [3.05, 3.63) is 91.7 Å². The van der Waals surface area contributed by atoms with E-state index < -0.39 is 0 Å². The lowest BCUT2D eigenvalue weighted by atomic mass is 9.88. The molecule has 0 aliphatic carbocycles. The van der Waals surface area contributed by atoms with E-state index in [0.29, 0.717) is 21.4 Å². The molecule has 2 heterocycles. The molecule has 0 bridgehead atoms. The summed E-state index contributed by atoms with van der Waals surface area (Å²) in [5.74, 6) is 0.221. The maximum absolute atomic E-state index is 12.5. The van der Waals surface area contributed by atoms with E-state index in [1.165, 1.54) is 0 Å². The van der Waals surface area contributed by atoms with E-state index in [0.717, 1.165) is 16.8 Å². The number of rotatable bonds is 2. The number of nitrogens with zero attached hydrogens (tertiary/aromatic N) is 1. The molecule has 0 saturated heterocycles. The van der Waals surface area contributed by atoms with Crippen LogP contribution in [0.5, 0.6) is 0 Å². The van der Waals surface area contributed by atoms with Gasteiger partial charge in [-0.3, -0.25) is 9.78 Å². The zero-order valence-corrected chi connectivity index (χ0v) is 15.0. The number of nitrogens with two attached hydrogens (primary N) is 1. The minimum atomic E-state index is -0.286. The molecular weight excluding hydrogens is 371 g/mol. The number of hydrogen-bond donors (Lipinski definition) is 3. The third-order valence-electron chi connectivity index (χ3n) is 4.26. The average Bonchev–Trinajstić information content (AvgIpc) is 2.61. The van der Waals surface area contributed by atoms with Crippen LogP contribution < -0.4 is 16.6 Å². The first kappa shape index (κ1) is 16.7. The summed E-state index contributed by atoms with van der Waals surface area (Å²) in [6, 6.07) is 14.8. The number of hydrogen-bond acceptors (Lipinski definition) is 4. The van der Waals surface area contributed by atoms with Crippen molar-refractivity contribution in [3.8, 4) is 0 Å². The van der Waals surface area contributed by atoms with Crippen LogP contribution in [0.4, 0.5) is 11.8 Å². The summed E-state index contributed by atoms with van der Waals surface area (Å²) in [5, 5.41) is 4.49. The molecule has 0 spiro atoms. The lowest BCUT2D eigenvalue weighted by molar-refractivity contribution is 0.944. The van der Waals surface area contributed by atoms with Crippen molar-refractivity contribution >= 4 is 40.7 Å². The van der Waals surface area contributed by atoms with Gasteiger partial charge in [0.2, 0.25) is 5.95 Å². The molecule has 1 atom stereocenters. The molecule has 0 saturated carbocycles. The van der Waals surface area contributed by atoms with Gasteiger partial charge in [0.1, 0.15) is 5.82 Å². The van der Waals surface area contributed by atoms with Crippen LogP contribution in [0.25, 0.3) is 5.70 Å². The van der Waals surface area contributed by atoms with Gasteiger partial charge >= 0.3 is 0 Å². The second-order valence-electron chi connectivity index (χ2n) is 5.95. The second-order valence-corrected chi connectivity index (χ2v) is 6.83. The Morgan fingerprint density at radius 1 is 0.962 bits per heavy atom. The minimum Gasteiger partial charge on any atom is -0.369 e. The molecule has 2 aromatic carbocycles. The number of nitrogens with one attached hydrogen (secondary N) is 2. The number of halogens is 2. The number of benzene rings is 2. The van der Waals surface area contributed by atoms with Crippen LogP contribution in [0.1, 0.15) is 22.6 Å². The number of aromatic amines is 1. The quantitative estimate of drug-likeness (QED) is 0.616. The van der Waals surface area contributed by atoms with Gasteiger partial charge in [-0.1, -0.05) is 47.5 Å². The SMILES string of the molecule is Nc1nc2c(c(=O)[nH]1)C(c1ccc(Cl)cc1)C=C(c1ccc(Cl)cc1)N2. The summed E-state index contributed by atoms with van der Waals surface area (Å²) < 4.78 is 0. The number of H-pyrrole nitrogens is 1. The van der Waals surface area contributed by atoms with Gasteiger partial charge in [-0.25, -0.2) is 0 Å². The molecule has 3 aromatic rings. The Morgan fingerprint density at radius 3 is 2.23 bits per heavy atom. The monoisotopic (exact) mass is 384 g/mol. The molecule has 4 rings (SSSR count). The van der Waals surface area contributed by atoms with E-state index in [-0.39, 0.29) is 17.4 Å². The Labute approximate surface area is 159 Å². The van der Waals surface area contributed by atoms with E-state index in [9.17, 15) is 4.79 Å². The van der Waals surface area contributed by atoms with Crippen molar-refractivity contribution in [2.24, 2.45) is 0 Å². The summed E-state index contributed by atoms with van der Waals surface area (Å²) in [6.45, 7) is 0. The molecule has 1 aromatic heterocycles. The van der Waals surface area contributed by atoms with Gasteiger partial charge in [-0.15, -0.1) is 0 Å². The molecule has 1 aliphatic heterocycles. The molecular formula is C19H14Cl2N4O. The predicted molar refractivity (Wildman–Crippen MR) is 106 cm³/mol. The Balaban J connectivity index is 1.89. The van der Waals surface area contributed by atoms with E-state index >= 15 is 0 Å². The van der Waals surface area contributed by atoms with Crippen LogP contribution in [-0.4, -0.2) is 9.97 Å². The van der Waals surface area contributed by atoms with Crippen molar-refractivity contribution in [1.29, 1.82) is 0 Å². The Morgan fingerprint density at radius 2 is 1.58 bits per heavy atom. The van der Waals surface area contributed by atoms with E-state index in [4.69, 9.17) is 28.9 Å². The minimum absolute atomic E-state index is 0.0634. The van der Waals surface area contributed by atoms with Gasteiger partial charge in [-0.05, 0) is 41.5 Å². The summed E-state index contributed by atoms with van der Waals surface area (Å²) in [7, 11) is 0. The van der Waals surface area contributed by atoms with Crippen LogP contribution >= 0.6 is 23.2 Å². The Bertz CT molecular complexity index is 1060. The summed E-state index contributed by atoms with van der Waals surface area (Å²) in [5.41, 5.74) is 8.66. The van der Waals surface area contributed by atoms with Gasteiger partial charge in [-0.2, -0.15) is 4.98 Å². The number of allylic oxidation sites excluding steroid dienone is 1. The van der Waals surface area contributed by atoms with E-state index in [1.54, 1.807) is 12.1 Å². The third-order valence-corrected chi connectivity index (χ3v) is 4.76. The highest BCUT2D eigenvalue weighted by Gasteiger charge is 2.27. The molecule has 1 unspecified atom stereocenters. The lowest BCUT2D eigenvalue weighted by Gasteiger charge is -2.25. The van der Waals surface area contributed by atoms with Crippen molar-refractivity contribution < 1.29 is 0 Å². The maximum Gasteiger partial charge on any atom is 0.258 e. The topological polar surface area (TPSA) is 83.8 Å². The highest BCUT2D eigenvalue weighted by molar-refractivity contribution is 6.30. The molecule has 0 amide bonds. The molecule has 0 radical (unpaired) electrons. The van der Waals surface area contributed by atoms with Gasteiger partial charge in [0, 0.05) is 21.7 Å². The number of aromatic nitrogens is 2. The fraction of sp³-hybridized carbons (Fsp3) is 0.0526. The number of nitrogen functional groups attached to an aromatic ring is 1. The first-order chi connectivity index (χ1) is 12.5. The van der Waals surface area contributed by atoms with Gasteiger partial charge in [0.05, 0.1) is 5.56 Å². The van der Waals surface area contributed by atoms with Crippen molar-refractivity contribution in [2.45, 2.75) is 5.92 Å². The van der Waals surface area contributed by atoms with Crippen molar-refractivity contribution in [2.75, 3.05) is 11.1 Å². The molecule has 1 aliphatic rings. The normalized spacial score (nSPS) is 15.8. The highest BCUT2D eigenvalue weighted by atomic mass is 35.5. The maximum atomic E-state index is 12.5. The number of fused-ring (bicyclic) bond motifs is 1. The second kappa shape index (κ2) is 6.52. The molecule has 4 N–H and O–H groups in total. The lowest BCUT2D eigenvalue weighted by Crippen LogP contribution is -2.25. The average molecular weight is 385 g/mol. The Hall–Kier alpha value is -2.76. The highest BCUT2D eigenvalue weighted by Crippen LogP contribution is 2.37. The molecule has 7 heteroatoms. The molecule has 26 heavy (non-hydrogen) atoms. The molecule has 0 fully saturated rings. The summed E-state index contributed by atoms with van der Waals surface area (Å²) in [4.78, 5) is 19.4. The first-order valence-corrected chi connectivity index (χ1v) is 8.67. The Kier molecular flexibility index (Phi) is 4.18. The largest absolute Gasteiger partial charge is 0.369 e. The van der Waals surface area contributed by atoms with Crippen LogP contribution in [-0.2, 0) is 0 Å². The van der Waals surface area contributed by atoms with E-state index in [1.807, 2.05) is 42.5 Å². The first-order valence-electron chi connectivity index (χ1n) is 7.91. The molecule has 130 valence electrons. The standard InChI is InChI=1S/C19H14Cl2N4O/c20-12-5-1-10(2-6-12)14-9-15(11-3-7-13(21)8-4-11)23-17-16(14)18(26)25-19(22)24-17/h1-9,14H,(H4,22,23,24,25,26). The van der Waals surface area contributed by atoms with Crippen LogP contribution in [0.2, 0.25) is 10.0 Å². The van der Waals surface area contributed by atoms with Crippen LogP contribution in [0.15, 0.2) is 59.4 Å². The predicted octanol–water partition coefficient (Wildman–Crippen LogP) is 4.26. The smallest absolute Gasteiger partial charge is 0.258 e. The van der Waals surface area contributed by atoms with Gasteiger partial charge < -0.3 is 11.1 Å². The zero-order chi connectivity index (χ0) is 18.3. The zero-order valence-electron chi connectivity index (χ0n) is 13.5. The van der Waals surface area contributed by atoms with Crippen LogP contribution in [0.3, 0.4) is 0 Å². The van der Waals surface area contributed by atoms with Crippen molar-refractivity contribution in [1.82, 2.24) is 9.97 Å². The summed E-state index contributed by atoms with van der Waals surface area (Å²) >= 11 is 12.0. The molecule has 5 nitrogen and oxygen atoms in total. The van der Waals surface area contributed by atoms with Crippen LogP contribution in [0, 0.1) is 0 Å². The summed E-state index contributed by atoms with van der Waals surface area (Å²) in [6.07, 6.45) is 1.99.